The van der Waals surface area contributed by atoms with E-state index in [0.29, 0.717) is 12.5 Å². The first-order chi connectivity index (χ1) is 8.60. The van der Waals surface area contributed by atoms with Crippen LogP contribution in [0.25, 0.3) is 0 Å². The zero-order chi connectivity index (χ0) is 13.0. The fraction of sp³-hybridized carbons (Fsp3) is 0.692. The molecule has 1 fully saturated rings. The Balaban J connectivity index is 1.73. The minimum atomic E-state index is -0.773. The number of aryl methyl sites for hydroxylation is 1. The second kappa shape index (κ2) is 5.52. The Morgan fingerprint density at radius 2 is 2.33 bits per heavy atom. The molecule has 1 atom stereocenters. The smallest absolute Gasteiger partial charge is 0.323 e. The molecule has 0 spiro atoms. The molecule has 0 saturated heterocycles. The molecule has 2 rings (SSSR count). The van der Waals surface area contributed by atoms with Gasteiger partial charge in [-0.15, -0.1) is 0 Å². The van der Waals surface area contributed by atoms with E-state index < -0.39 is 11.5 Å². The first kappa shape index (κ1) is 13.1. The highest BCUT2D eigenvalue weighted by atomic mass is 16.4. The number of unbranched alkanes of at least 4 members (excludes halogenated alkanes) is 1. The largest absolute Gasteiger partial charge is 0.480 e. The van der Waals surface area contributed by atoms with Gasteiger partial charge in [-0.2, -0.15) is 5.10 Å². The molecule has 0 aromatic carbocycles. The molecular formula is C13H21N3O2. The number of nitrogens with one attached hydrogen (secondary N) is 1. The van der Waals surface area contributed by atoms with Crippen LogP contribution in [-0.4, -0.2) is 32.4 Å². The summed E-state index contributed by atoms with van der Waals surface area (Å²) in [4.78, 5) is 11.3. The first-order valence-electron chi connectivity index (χ1n) is 6.59. The molecule has 1 saturated carbocycles. The molecule has 1 aliphatic rings. The molecule has 1 aromatic heterocycles. The van der Waals surface area contributed by atoms with Gasteiger partial charge >= 0.3 is 5.97 Å². The fourth-order valence-electron chi connectivity index (χ4n) is 2.10. The van der Waals surface area contributed by atoms with Gasteiger partial charge in [0.15, 0.2) is 0 Å². The third-order valence-electron chi connectivity index (χ3n) is 3.45. The molecule has 1 aliphatic carbocycles. The minimum absolute atomic E-state index is 0.414. The zero-order valence-electron chi connectivity index (χ0n) is 10.8. The van der Waals surface area contributed by atoms with Crippen LogP contribution >= 0.6 is 0 Å². The maximum Gasteiger partial charge on any atom is 0.323 e. The number of aromatic nitrogens is 2. The van der Waals surface area contributed by atoms with Gasteiger partial charge in [0.2, 0.25) is 0 Å². The average molecular weight is 251 g/mol. The summed E-state index contributed by atoms with van der Waals surface area (Å²) in [6.07, 6.45) is 8.42. The van der Waals surface area contributed by atoms with Gasteiger partial charge in [0.25, 0.3) is 0 Å². The van der Waals surface area contributed by atoms with E-state index in [1.807, 2.05) is 16.9 Å². The van der Waals surface area contributed by atoms with Gasteiger partial charge in [-0.05, 0) is 45.1 Å². The topological polar surface area (TPSA) is 67.2 Å². The summed E-state index contributed by atoms with van der Waals surface area (Å²) in [6.45, 7) is 2.65. The monoisotopic (exact) mass is 251 g/mol. The van der Waals surface area contributed by atoms with Gasteiger partial charge in [0.05, 0.1) is 0 Å². The summed E-state index contributed by atoms with van der Waals surface area (Å²) in [5, 5.41) is 16.7. The average Bonchev–Trinajstić information content (AvgIpc) is 2.97. The standard InChI is InChI=1S/C13H21N3O2/c1-13(12(17)18,15-11-5-6-11)7-2-3-9-16-10-4-8-14-16/h4,8,10-11,15H,2-3,5-7,9H2,1H3,(H,17,18). The molecule has 5 nitrogen and oxygen atoms in total. The first-order valence-corrected chi connectivity index (χ1v) is 6.59. The summed E-state index contributed by atoms with van der Waals surface area (Å²) in [5.74, 6) is -0.742. The van der Waals surface area contributed by atoms with Crippen LogP contribution < -0.4 is 5.32 Å². The lowest BCUT2D eigenvalue weighted by Gasteiger charge is -2.26. The van der Waals surface area contributed by atoms with Gasteiger partial charge < -0.3 is 5.11 Å². The highest BCUT2D eigenvalue weighted by Gasteiger charge is 2.37. The van der Waals surface area contributed by atoms with Crippen molar-refractivity contribution in [1.82, 2.24) is 15.1 Å². The Morgan fingerprint density at radius 1 is 1.56 bits per heavy atom. The zero-order valence-corrected chi connectivity index (χ0v) is 10.8. The van der Waals surface area contributed by atoms with Crippen molar-refractivity contribution in [2.75, 3.05) is 0 Å². The molecule has 2 N–H and O–H groups in total. The number of nitrogens with zero attached hydrogens (tertiary/aromatic N) is 2. The van der Waals surface area contributed by atoms with Crippen molar-refractivity contribution in [3.8, 4) is 0 Å². The van der Waals surface area contributed by atoms with Crippen molar-refractivity contribution in [2.45, 2.75) is 57.2 Å². The van der Waals surface area contributed by atoms with Crippen molar-refractivity contribution >= 4 is 5.97 Å². The Kier molecular flexibility index (Phi) is 4.01. The summed E-state index contributed by atoms with van der Waals surface area (Å²) in [7, 11) is 0. The number of hydrogen-bond acceptors (Lipinski definition) is 3. The fourth-order valence-corrected chi connectivity index (χ4v) is 2.10. The van der Waals surface area contributed by atoms with E-state index in [1.165, 1.54) is 0 Å². The Bertz CT molecular complexity index is 387. The molecule has 0 bridgehead atoms. The highest BCUT2D eigenvalue weighted by Crippen LogP contribution is 2.25. The lowest BCUT2D eigenvalue weighted by molar-refractivity contribution is -0.144. The highest BCUT2D eigenvalue weighted by molar-refractivity contribution is 5.78. The van der Waals surface area contributed by atoms with Crippen LogP contribution in [0.5, 0.6) is 0 Å². The number of carbonyl (C=O) groups is 1. The van der Waals surface area contributed by atoms with Crippen LogP contribution in [0.15, 0.2) is 18.5 Å². The van der Waals surface area contributed by atoms with E-state index in [1.54, 1.807) is 13.1 Å². The molecule has 18 heavy (non-hydrogen) atoms. The van der Waals surface area contributed by atoms with Gasteiger partial charge in [0, 0.05) is 25.0 Å². The normalized spacial score (nSPS) is 18.5. The van der Waals surface area contributed by atoms with Crippen molar-refractivity contribution < 1.29 is 9.90 Å². The molecule has 5 heteroatoms. The third-order valence-corrected chi connectivity index (χ3v) is 3.45. The predicted molar refractivity (Wildman–Crippen MR) is 68.3 cm³/mol. The van der Waals surface area contributed by atoms with Crippen molar-refractivity contribution in [3.63, 3.8) is 0 Å². The maximum absolute atomic E-state index is 11.3. The SMILES string of the molecule is CC(CCCCn1cccn1)(NC1CC1)C(=O)O. The molecule has 1 heterocycles. The molecular weight excluding hydrogens is 230 g/mol. The Labute approximate surface area is 107 Å². The molecule has 0 amide bonds. The van der Waals surface area contributed by atoms with Crippen LogP contribution in [0, 0.1) is 0 Å². The molecule has 0 radical (unpaired) electrons. The molecule has 0 aliphatic heterocycles. The van der Waals surface area contributed by atoms with Gasteiger partial charge in [0.1, 0.15) is 5.54 Å². The number of rotatable bonds is 8. The van der Waals surface area contributed by atoms with Crippen LogP contribution in [0.3, 0.4) is 0 Å². The quantitative estimate of drug-likeness (QED) is 0.689. The second-order valence-corrected chi connectivity index (χ2v) is 5.28. The van der Waals surface area contributed by atoms with Crippen LogP contribution in [0.2, 0.25) is 0 Å². The number of carboxylic acid groups (broad SMARTS) is 1. The number of hydrogen-bond donors (Lipinski definition) is 2. The molecule has 1 aromatic rings. The van der Waals surface area contributed by atoms with Crippen molar-refractivity contribution in [1.29, 1.82) is 0 Å². The summed E-state index contributed by atoms with van der Waals surface area (Å²) in [6, 6.07) is 2.31. The number of carboxylic acids is 1. The van der Waals surface area contributed by atoms with Gasteiger partial charge in [-0.25, -0.2) is 0 Å². The summed E-state index contributed by atoms with van der Waals surface area (Å²) < 4.78 is 1.88. The van der Waals surface area contributed by atoms with E-state index in [0.717, 1.165) is 32.2 Å². The predicted octanol–water partition coefficient (Wildman–Crippen LogP) is 1.65. The minimum Gasteiger partial charge on any atom is -0.480 e. The molecule has 100 valence electrons. The van der Waals surface area contributed by atoms with E-state index in [4.69, 9.17) is 0 Å². The number of aliphatic carboxylic acids is 1. The van der Waals surface area contributed by atoms with E-state index in [9.17, 15) is 9.90 Å². The van der Waals surface area contributed by atoms with Gasteiger partial charge in [-0.3, -0.25) is 14.8 Å². The van der Waals surface area contributed by atoms with Crippen LogP contribution in [0.4, 0.5) is 0 Å². The van der Waals surface area contributed by atoms with Crippen LogP contribution in [0.1, 0.15) is 39.0 Å². The van der Waals surface area contributed by atoms with Crippen molar-refractivity contribution in [3.05, 3.63) is 18.5 Å². The van der Waals surface area contributed by atoms with Gasteiger partial charge in [-0.1, -0.05) is 0 Å². The maximum atomic E-state index is 11.3. The second-order valence-electron chi connectivity index (χ2n) is 5.28. The van der Waals surface area contributed by atoms with E-state index >= 15 is 0 Å². The summed E-state index contributed by atoms with van der Waals surface area (Å²) in [5.41, 5.74) is -0.773. The lowest BCUT2D eigenvalue weighted by Crippen LogP contribution is -2.50. The Hall–Kier alpha value is -1.36. The van der Waals surface area contributed by atoms with E-state index in [2.05, 4.69) is 10.4 Å². The summed E-state index contributed by atoms with van der Waals surface area (Å²) >= 11 is 0. The van der Waals surface area contributed by atoms with Crippen molar-refractivity contribution in [2.24, 2.45) is 0 Å². The third kappa shape index (κ3) is 3.57. The molecule has 1 unspecified atom stereocenters. The lowest BCUT2D eigenvalue weighted by atomic mass is 9.94. The van der Waals surface area contributed by atoms with Crippen LogP contribution in [-0.2, 0) is 11.3 Å². The Morgan fingerprint density at radius 3 is 2.89 bits per heavy atom. The van der Waals surface area contributed by atoms with E-state index in [-0.39, 0.29) is 0 Å².